The first-order valence-corrected chi connectivity index (χ1v) is 8.53. The number of amides is 2. The summed E-state index contributed by atoms with van der Waals surface area (Å²) in [6, 6.07) is 11.5. The molecule has 1 aliphatic rings. The van der Waals surface area contributed by atoms with Gasteiger partial charge in [0.15, 0.2) is 5.82 Å². The number of carbonyl (C=O) groups is 2. The van der Waals surface area contributed by atoms with E-state index in [-0.39, 0.29) is 18.2 Å². The number of carbonyl (C=O) groups excluding carboxylic acids is 2. The molecule has 0 saturated heterocycles. The fourth-order valence-corrected chi connectivity index (χ4v) is 2.84. The molecule has 1 aromatic carbocycles. The highest BCUT2D eigenvalue weighted by Gasteiger charge is 2.22. The van der Waals surface area contributed by atoms with Crippen molar-refractivity contribution in [3.05, 3.63) is 52.1 Å². The molecular weight excluding hydrogens is 386 g/mol. The highest BCUT2D eigenvalue weighted by molar-refractivity contribution is 9.10. The maximum atomic E-state index is 12.2. The molecule has 3 rings (SSSR count). The van der Waals surface area contributed by atoms with Crippen molar-refractivity contribution in [1.29, 1.82) is 0 Å². The average molecular weight is 402 g/mol. The fourth-order valence-electron chi connectivity index (χ4n) is 2.40. The summed E-state index contributed by atoms with van der Waals surface area (Å²) in [5, 5.41) is 16.0. The zero-order valence-electron chi connectivity index (χ0n) is 13.6. The van der Waals surface area contributed by atoms with Gasteiger partial charge in [-0.15, -0.1) is 5.10 Å². The Hall–Kier alpha value is -2.61. The van der Waals surface area contributed by atoms with Crippen molar-refractivity contribution in [2.75, 3.05) is 12.4 Å². The van der Waals surface area contributed by atoms with Crippen LogP contribution >= 0.6 is 15.9 Å². The lowest BCUT2D eigenvalue weighted by molar-refractivity contribution is -0.130. The van der Waals surface area contributed by atoms with Crippen LogP contribution in [0.2, 0.25) is 0 Å². The Kier molecular flexibility index (Phi) is 5.18. The van der Waals surface area contributed by atoms with Gasteiger partial charge in [-0.2, -0.15) is 10.2 Å². The maximum absolute atomic E-state index is 12.2. The third-order valence-electron chi connectivity index (χ3n) is 3.71. The molecule has 7 nitrogen and oxygen atoms in total. The standard InChI is InChI=1S/C17H16BrN5O2/c1-23-16(24)8-6-14(22-23)17(25)19-15-7-5-13(20-21-15)10-11-3-2-4-12(18)9-11/h2-5,7,9H,6,8,10H2,1H3,(H,19,21,25). The zero-order valence-corrected chi connectivity index (χ0v) is 15.2. The second-order valence-corrected chi connectivity index (χ2v) is 6.55. The molecule has 0 atom stereocenters. The quantitative estimate of drug-likeness (QED) is 0.851. The van der Waals surface area contributed by atoms with Crippen LogP contribution in [-0.2, 0) is 16.0 Å². The number of rotatable bonds is 4. The molecule has 2 amide bonds. The Bertz CT molecular complexity index is 835. The smallest absolute Gasteiger partial charge is 0.273 e. The van der Waals surface area contributed by atoms with Gasteiger partial charge >= 0.3 is 0 Å². The molecule has 25 heavy (non-hydrogen) atoms. The van der Waals surface area contributed by atoms with Crippen LogP contribution in [0.3, 0.4) is 0 Å². The Morgan fingerprint density at radius 3 is 2.76 bits per heavy atom. The van der Waals surface area contributed by atoms with Crippen LogP contribution in [0.5, 0.6) is 0 Å². The van der Waals surface area contributed by atoms with Gasteiger partial charge in [0, 0.05) is 30.8 Å². The largest absolute Gasteiger partial charge is 0.304 e. The summed E-state index contributed by atoms with van der Waals surface area (Å²) in [4.78, 5) is 23.6. The molecule has 1 aliphatic heterocycles. The molecule has 128 valence electrons. The number of hydrazone groups is 1. The van der Waals surface area contributed by atoms with Gasteiger partial charge < -0.3 is 5.32 Å². The summed E-state index contributed by atoms with van der Waals surface area (Å²) >= 11 is 3.44. The van der Waals surface area contributed by atoms with E-state index in [2.05, 4.69) is 36.5 Å². The van der Waals surface area contributed by atoms with Crippen molar-refractivity contribution >= 4 is 39.3 Å². The number of halogens is 1. The van der Waals surface area contributed by atoms with Crippen LogP contribution in [0.15, 0.2) is 46.0 Å². The van der Waals surface area contributed by atoms with Gasteiger partial charge in [-0.3, -0.25) is 9.59 Å². The molecule has 0 spiro atoms. The van der Waals surface area contributed by atoms with Crippen molar-refractivity contribution in [2.45, 2.75) is 19.3 Å². The van der Waals surface area contributed by atoms with E-state index in [4.69, 9.17) is 0 Å². The van der Waals surface area contributed by atoms with Crippen molar-refractivity contribution in [2.24, 2.45) is 5.10 Å². The van der Waals surface area contributed by atoms with E-state index in [0.29, 0.717) is 24.4 Å². The summed E-state index contributed by atoms with van der Waals surface area (Å²) in [6.07, 6.45) is 1.25. The van der Waals surface area contributed by atoms with Gasteiger partial charge in [0.1, 0.15) is 5.71 Å². The lowest BCUT2D eigenvalue weighted by Gasteiger charge is -2.18. The Morgan fingerprint density at radius 1 is 1.24 bits per heavy atom. The first-order chi connectivity index (χ1) is 12.0. The molecule has 0 unspecified atom stereocenters. The monoisotopic (exact) mass is 401 g/mol. The molecule has 2 heterocycles. The first kappa shape index (κ1) is 17.2. The summed E-state index contributed by atoms with van der Waals surface area (Å²) in [5.74, 6) is -0.119. The minimum absolute atomic E-state index is 0.103. The number of hydrogen-bond donors (Lipinski definition) is 1. The molecule has 0 fully saturated rings. The summed E-state index contributed by atoms with van der Waals surface area (Å²) in [6.45, 7) is 0. The number of nitrogens with one attached hydrogen (secondary N) is 1. The minimum Gasteiger partial charge on any atom is -0.304 e. The van der Waals surface area contributed by atoms with E-state index in [9.17, 15) is 9.59 Å². The lowest BCUT2D eigenvalue weighted by Crippen LogP contribution is -2.34. The molecule has 2 aromatic rings. The minimum atomic E-state index is -0.367. The van der Waals surface area contributed by atoms with Crippen LogP contribution in [0.4, 0.5) is 5.82 Å². The first-order valence-electron chi connectivity index (χ1n) is 7.74. The number of anilines is 1. The Labute approximate surface area is 153 Å². The van der Waals surface area contributed by atoms with Gasteiger partial charge in [-0.05, 0) is 29.8 Å². The second-order valence-electron chi connectivity index (χ2n) is 5.63. The third kappa shape index (κ3) is 4.48. The van der Waals surface area contributed by atoms with Crippen LogP contribution in [-0.4, -0.2) is 39.8 Å². The molecule has 8 heteroatoms. The van der Waals surface area contributed by atoms with E-state index < -0.39 is 0 Å². The molecule has 0 radical (unpaired) electrons. The van der Waals surface area contributed by atoms with Crippen LogP contribution in [0.1, 0.15) is 24.1 Å². The van der Waals surface area contributed by atoms with Crippen molar-refractivity contribution < 1.29 is 9.59 Å². The number of hydrogen-bond acceptors (Lipinski definition) is 5. The van der Waals surface area contributed by atoms with E-state index >= 15 is 0 Å². The van der Waals surface area contributed by atoms with Gasteiger partial charge in [0.25, 0.3) is 5.91 Å². The Morgan fingerprint density at radius 2 is 2.08 bits per heavy atom. The van der Waals surface area contributed by atoms with Crippen molar-refractivity contribution in [1.82, 2.24) is 15.2 Å². The molecule has 1 N–H and O–H groups in total. The van der Waals surface area contributed by atoms with Gasteiger partial charge in [-0.1, -0.05) is 28.1 Å². The van der Waals surface area contributed by atoms with E-state index in [1.54, 1.807) is 6.07 Å². The third-order valence-corrected chi connectivity index (χ3v) is 4.20. The predicted octanol–water partition coefficient (Wildman–Crippen LogP) is 2.38. The van der Waals surface area contributed by atoms with E-state index in [1.807, 2.05) is 30.3 Å². The number of nitrogens with zero attached hydrogens (tertiary/aromatic N) is 4. The molecule has 1 aromatic heterocycles. The fraction of sp³-hybridized carbons (Fsp3) is 0.235. The Balaban J connectivity index is 1.63. The average Bonchev–Trinajstić information content (AvgIpc) is 2.59. The summed E-state index contributed by atoms with van der Waals surface area (Å²) in [5.41, 5.74) is 2.23. The second kappa shape index (κ2) is 7.52. The van der Waals surface area contributed by atoms with E-state index in [1.165, 1.54) is 12.1 Å². The molecular formula is C17H16BrN5O2. The molecule has 0 saturated carbocycles. The van der Waals surface area contributed by atoms with Gasteiger partial charge in [0.05, 0.1) is 5.69 Å². The lowest BCUT2D eigenvalue weighted by atomic mass is 10.1. The van der Waals surface area contributed by atoms with Crippen LogP contribution < -0.4 is 5.32 Å². The zero-order chi connectivity index (χ0) is 17.8. The van der Waals surface area contributed by atoms with Gasteiger partial charge in [0.2, 0.25) is 5.91 Å². The van der Waals surface area contributed by atoms with Crippen molar-refractivity contribution in [3.8, 4) is 0 Å². The van der Waals surface area contributed by atoms with Crippen molar-refractivity contribution in [3.63, 3.8) is 0 Å². The highest BCUT2D eigenvalue weighted by atomic mass is 79.9. The predicted molar refractivity (Wildman–Crippen MR) is 97.0 cm³/mol. The highest BCUT2D eigenvalue weighted by Crippen LogP contribution is 2.15. The van der Waals surface area contributed by atoms with Crippen LogP contribution in [0.25, 0.3) is 0 Å². The molecule has 0 bridgehead atoms. The maximum Gasteiger partial charge on any atom is 0.273 e. The van der Waals surface area contributed by atoms with Gasteiger partial charge in [-0.25, -0.2) is 5.01 Å². The van der Waals surface area contributed by atoms with E-state index in [0.717, 1.165) is 15.7 Å². The topological polar surface area (TPSA) is 87.6 Å². The molecule has 0 aliphatic carbocycles. The number of benzene rings is 1. The summed E-state index contributed by atoms with van der Waals surface area (Å²) in [7, 11) is 1.53. The number of aromatic nitrogens is 2. The summed E-state index contributed by atoms with van der Waals surface area (Å²) < 4.78 is 1.01. The van der Waals surface area contributed by atoms with Crippen LogP contribution in [0, 0.1) is 0 Å². The SMILES string of the molecule is CN1N=C(C(=O)Nc2ccc(Cc3cccc(Br)c3)nn2)CCC1=O. The normalized spacial score (nSPS) is 14.2.